The molecule has 4 aliphatic rings. The summed E-state index contributed by atoms with van der Waals surface area (Å²) in [7, 11) is 2.32. The van der Waals surface area contributed by atoms with Gasteiger partial charge < -0.3 is 31.3 Å². The number of quaternary nitrogens is 4. The monoisotopic (exact) mass is 683 g/mol. The number of urea groups is 1. The van der Waals surface area contributed by atoms with Crippen molar-refractivity contribution in [3.63, 3.8) is 0 Å². The van der Waals surface area contributed by atoms with E-state index in [-0.39, 0.29) is 62.9 Å². The van der Waals surface area contributed by atoms with Crippen molar-refractivity contribution in [3.05, 3.63) is 0 Å². The molecule has 6 atom stereocenters. The van der Waals surface area contributed by atoms with Crippen LogP contribution in [0.4, 0.5) is 4.79 Å². The van der Waals surface area contributed by atoms with Crippen LogP contribution in [0.2, 0.25) is 0 Å². The van der Waals surface area contributed by atoms with Crippen molar-refractivity contribution in [1.29, 1.82) is 0 Å². The van der Waals surface area contributed by atoms with Gasteiger partial charge in [-0.1, -0.05) is 12.8 Å². The van der Waals surface area contributed by atoms with Gasteiger partial charge in [0.15, 0.2) is 18.9 Å². The van der Waals surface area contributed by atoms with Crippen LogP contribution in [0.1, 0.15) is 64.7 Å². The third-order valence-corrected chi connectivity index (χ3v) is 11.9. The molecule has 16 nitrogen and oxygen atoms in total. The molecule has 16 heteroatoms. The fourth-order valence-electron chi connectivity index (χ4n) is 10.2. The summed E-state index contributed by atoms with van der Waals surface area (Å²) in [6, 6.07) is -1.91. The van der Waals surface area contributed by atoms with Crippen molar-refractivity contribution in [2.45, 2.75) is 76.7 Å². The maximum atomic E-state index is 13.6. The van der Waals surface area contributed by atoms with Crippen molar-refractivity contribution in [2.24, 2.45) is 0 Å². The SMILES string of the molecule is CC[N@@+]12CC[N+]3(CC(=O)O)CC[N+]4(C)CC[N@@+](CC(=O)CCCCCCC(=O)NCC[C@H](NC(=O)NCCCC(=O)O)C(=O)O)(CC1)[C@@]432. The lowest BCUT2D eigenvalue weighted by Crippen LogP contribution is -2.84. The molecule has 4 saturated heterocycles. The molecule has 0 bridgehead atoms. The number of carboxylic acid groups (broad SMARTS) is 3. The second kappa shape index (κ2) is 15.0. The molecule has 1 spiro atoms. The van der Waals surface area contributed by atoms with E-state index in [0.29, 0.717) is 23.9 Å². The summed E-state index contributed by atoms with van der Waals surface area (Å²) in [5.41, 5.74) is 0. The number of rotatable bonds is 21. The van der Waals surface area contributed by atoms with Crippen LogP contribution >= 0.6 is 0 Å². The van der Waals surface area contributed by atoms with Gasteiger partial charge in [-0.05, 0) is 32.6 Å². The van der Waals surface area contributed by atoms with Crippen LogP contribution in [-0.4, -0.2) is 173 Å². The number of aliphatic carboxylic acids is 3. The Hall–Kier alpha value is -3.34. The Labute approximate surface area is 282 Å². The topological polar surface area (TPSA) is 199 Å². The quantitative estimate of drug-likeness (QED) is 0.0694. The highest BCUT2D eigenvalue weighted by Gasteiger charge is 2.97. The summed E-state index contributed by atoms with van der Waals surface area (Å²) >= 11 is 0. The number of nitrogens with one attached hydrogen (secondary N) is 3. The molecule has 48 heavy (non-hydrogen) atoms. The number of ketones is 1. The van der Waals surface area contributed by atoms with E-state index in [1.807, 2.05) is 0 Å². The van der Waals surface area contributed by atoms with Crippen LogP contribution in [0.15, 0.2) is 0 Å². The van der Waals surface area contributed by atoms with E-state index in [2.05, 4.69) is 29.9 Å². The molecule has 2 unspecified atom stereocenters. The molecule has 0 aromatic carbocycles. The molecule has 4 rings (SSSR count). The molecule has 3 amide bonds. The van der Waals surface area contributed by atoms with Crippen LogP contribution in [0.25, 0.3) is 0 Å². The fourth-order valence-corrected chi connectivity index (χ4v) is 10.2. The largest absolute Gasteiger partial charge is 0.482 e. The van der Waals surface area contributed by atoms with E-state index in [4.69, 9.17) is 5.11 Å². The molecule has 0 aliphatic carbocycles. The molecule has 4 heterocycles. The van der Waals surface area contributed by atoms with E-state index in [1.165, 1.54) is 0 Å². The van der Waals surface area contributed by atoms with Crippen molar-refractivity contribution >= 4 is 35.6 Å². The molecule has 0 radical (unpaired) electrons. The van der Waals surface area contributed by atoms with Crippen LogP contribution in [0.3, 0.4) is 0 Å². The van der Waals surface area contributed by atoms with Crippen molar-refractivity contribution in [3.8, 4) is 0 Å². The Morgan fingerprint density at radius 1 is 0.667 bits per heavy atom. The fraction of sp³-hybridized carbons (Fsp3) is 0.812. The Bertz CT molecular complexity index is 1270. The van der Waals surface area contributed by atoms with E-state index in [1.54, 1.807) is 0 Å². The highest BCUT2D eigenvalue weighted by atomic mass is 16.4. The van der Waals surface area contributed by atoms with E-state index in [0.717, 1.165) is 91.6 Å². The van der Waals surface area contributed by atoms with Crippen LogP contribution < -0.4 is 16.0 Å². The van der Waals surface area contributed by atoms with Gasteiger partial charge in [0.1, 0.15) is 58.4 Å². The molecule has 6 N–H and O–H groups in total. The minimum atomic E-state index is -1.24. The summed E-state index contributed by atoms with van der Waals surface area (Å²) in [5, 5.41) is 35.5. The number of likely N-dealkylation sites (N-methyl/N-ethyl adjacent to an activating group) is 2. The highest BCUT2D eigenvalue weighted by molar-refractivity contribution is 5.82. The number of unbranched alkanes of at least 4 members (excludes halogenated alkanes) is 3. The summed E-state index contributed by atoms with van der Waals surface area (Å²) in [6.45, 7) is 11.4. The predicted molar refractivity (Wildman–Crippen MR) is 172 cm³/mol. The van der Waals surface area contributed by atoms with Gasteiger partial charge in [0.25, 0.3) is 0 Å². The molecule has 270 valence electrons. The Morgan fingerprint density at radius 2 is 1.25 bits per heavy atom. The van der Waals surface area contributed by atoms with Gasteiger partial charge in [0, 0.05) is 32.4 Å². The van der Waals surface area contributed by atoms with Gasteiger partial charge in [-0.15, -0.1) is 4.48 Å². The third-order valence-electron chi connectivity index (χ3n) is 11.9. The average molecular weight is 684 g/mol. The summed E-state index contributed by atoms with van der Waals surface area (Å²) in [4.78, 5) is 72.0. The maximum absolute atomic E-state index is 13.6. The minimum absolute atomic E-state index is 0.000385. The Kier molecular flexibility index (Phi) is 11.8. The van der Waals surface area contributed by atoms with Gasteiger partial charge in [0.05, 0.1) is 13.6 Å². The summed E-state index contributed by atoms with van der Waals surface area (Å²) < 4.78 is 3.11. The summed E-state index contributed by atoms with van der Waals surface area (Å²) in [5.74, 6) is -3.25. The normalized spacial score (nSPS) is 31.9. The van der Waals surface area contributed by atoms with Gasteiger partial charge >= 0.3 is 29.8 Å². The van der Waals surface area contributed by atoms with E-state index >= 15 is 0 Å². The van der Waals surface area contributed by atoms with E-state index < -0.39 is 30.0 Å². The number of nitrogens with zero attached hydrogens (tertiary/aromatic N) is 4. The second-order valence-electron chi connectivity index (χ2n) is 14.6. The summed E-state index contributed by atoms with van der Waals surface area (Å²) in [6.07, 6.45) is 3.87. The molecular formula is C32H57N7O9+4. The number of amides is 3. The first kappa shape index (κ1) is 37.5. The first-order chi connectivity index (χ1) is 22.7. The lowest BCUT2D eigenvalue weighted by atomic mass is 10.1. The number of carbonyl (C=O) groups is 6. The standard InChI is InChI=1S/C32H53N7O9/c1-3-37-19-21-38(17-15-36(2)16-18-39(22-20-37,24-29(44)45)32(36,37)38)23-25(40)9-6-4-5-7-10-27(41)33-14-12-26(30(46)47)35-31(48)34-13-8-11-28(42)43/h26H,3-24H2,1-2H3,(H2-4,33,34,35,41,42,43,44,45,46,47,48)/p+4/t26-,32-,36?,37-,38-,39?/m0/s1. The lowest BCUT2D eigenvalue weighted by Gasteiger charge is -2.49. The minimum Gasteiger partial charge on any atom is -0.481 e. The second-order valence-corrected chi connectivity index (χ2v) is 14.6. The number of carbonyl (C=O) groups excluding carboxylic acids is 3. The zero-order chi connectivity index (χ0) is 35.2. The molecule has 0 aromatic heterocycles. The van der Waals surface area contributed by atoms with Crippen LogP contribution in [0, 0.1) is 0 Å². The Morgan fingerprint density at radius 3 is 1.83 bits per heavy atom. The molecule has 0 aromatic rings. The lowest BCUT2D eigenvalue weighted by molar-refractivity contribution is -1.36. The third kappa shape index (κ3) is 6.89. The van der Waals surface area contributed by atoms with Gasteiger partial charge in [-0.3, -0.25) is 14.4 Å². The maximum Gasteiger partial charge on any atom is 0.482 e. The average Bonchev–Trinajstić information content (AvgIpc) is 3.65. The first-order valence-electron chi connectivity index (χ1n) is 17.6. The van der Waals surface area contributed by atoms with Crippen LogP contribution in [-0.2, 0) is 24.0 Å². The zero-order valence-corrected chi connectivity index (χ0v) is 28.7. The van der Waals surface area contributed by atoms with Gasteiger partial charge in [-0.2, -0.15) is 13.4 Å². The molecule has 4 fully saturated rings. The molecule has 0 saturated carbocycles. The molecular weight excluding hydrogens is 626 g/mol. The van der Waals surface area contributed by atoms with Crippen molar-refractivity contribution in [1.82, 2.24) is 16.0 Å². The predicted octanol–water partition coefficient (Wildman–Crippen LogP) is -0.313. The van der Waals surface area contributed by atoms with Gasteiger partial charge in [-0.25, -0.2) is 14.4 Å². The van der Waals surface area contributed by atoms with Crippen molar-refractivity contribution in [2.75, 3.05) is 92.1 Å². The number of hydrogen-bond donors (Lipinski definition) is 6. The molecule has 4 aliphatic heterocycles. The Balaban J connectivity index is 1.17. The number of Topliss-reactive ketones (excluding diaryl/α,β-unsaturated/α-hetero) is 1. The first-order valence-corrected chi connectivity index (χ1v) is 17.6. The number of hydrogen-bond acceptors (Lipinski definition) is 6. The van der Waals surface area contributed by atoms with Crippen molar-refractivity contribution < 1.29 is 62.0 Å². The van der Waals surface area contributed by atoms with E-state index in [9.17, 15) is 39.0 Å². The zero-order valence-electron chi connectivity index (χ0n) is 28.7. The van der Waals surface area contributed by atoms with Crippen LogP contribution in [0.5, 0.6) is 0 Å². The highest BCUT2D eigenvalue weighted by Crippen LogP contribution is 2.61. The number of carboxylic acids is 3. The van der Waals surface area contributed by atoms with Gasteiger partial charge in [0.2, 0.25) is 5.91 Å². The smallest absolute Gasteiger partial charge is 0.481 e.